The number of hydrogen-bond donors (Lipinski definition) is 2. The predicted molar refractivity (Wildman–Crippen MR) is 96.7 cm³/mol. The van der Waals surface area contributed by atoms with Crippen molar-refractivity contribution in [1.82, 2.24) is 14.9 Å². The lowest BCUT2D eigenvalue weighted by Gasteiger charge is -2.20. The van der Waals surface area contributed by atoms with Crippen molar-refractivity contribution in [1.29, 1.82) is 0 Å². The van der Waals surface area contributed by atoms with Gasteiger partial charge in [0.25, 0.3) is 5.69 Å². The molecule has 1 aromatic carbocycles. The van der Waals surface area contributed by atoms with Gasteiger partial charge in [-0.15, -0.1) is 10.2 Å². The van der Waals surface area contributed by atoms with Crippen molar-refractivity contribution in [2.45, 2.75) is 40.4 Å². The van der Waals surface area contributed by atoms with Gasteiger partial charge in [0.05, 0.1) is 14.7 Å². The summed E-state index contributed by atoms with van der Waals surface area (Å²) in [6.07, 6.45) is 0. The second-order valence-electron chi connectivity index (χ2n) is 5.97. The summed E-state index contributed by atoms with van der Waals surface area (Å²) in [5, 5.41) is 22.6. The summed E-state index contributed by atoms with van der Waals surface area (Å²) in [6.45, 7) is 5.08. The highest BCUT2D eigenvalue weighted by atomic mass is 32.2. The van der Waals surface area contributed by atoms with Crippen LogP contribution in [0.3, 0.4) is 0 Å². The lowest BCUT2D eigenvalue weighted by Crippen LogP contribution is -2.40. The van der Waals surface area contributed by atoms with Crippen molar-refractivity contribution in [2.24, 2.45) is 0 Å². The predicted octanol–water partition coefficient (Wildman–Crippen LogP) is 2.72. The van der Waals surface area contributed by atoms with Crippen molar-refractivity contribution in [3.63, 3.8) is 0 Å². The summed E-state index contributed by atoms with van der Waals surface area (Å²) in [5.41, 5.74) is -1.00. The number of rotatable bonds is 6. The number of sulfonamides is 1. The van der Waals surface area contributed by atoms with E-state index in [2.05, 4.69) is 20.2 Å². The van der Waals surface area contributed by atoms with Crippen LogP contribution < -0.4 is 10.0 Å². The topological polar surface area (TPSA) is 127 Å². The Kier molecular flexibility index (Phi) is 5.66. The number of nitro groups is 1. The van der Waals surface area contributed by atoms with Gasteiger partial charge in [-0.2, -0.15) is 0 Å². The van der Waals surface area contributed by atoms with Crippen molar-refractivity contribution >= 4 is 43.9 Å². The summed E-state index contributed by atoms with van der Waals surface area (Å²) >= 11 is 2.30. The average Bonchev–Trinajstić information content (AvgIpc) is 2.92. The minimum Gasteiger partial charge on any atom is -0.363 e. The molecule has 25 heavy (non-hydrogen) atoms. The van der Waals surface area contributed by atoms with Crippen LogP contribution in [0.1, 0.15) is 20.8 Å². The Balaban J connectivity index is 2.39. The maximum Gasteiger partial charge on any atom is 0.284 e. The van der Waals surface area contributed by atoms with E-state index in [9.17, 15) is 18.5 Å². The molecule has 2 N–H and O–H groups in total. The Morgan fingerprint density at radius 2 is 1.96 bits per heavy atom. The van der Waals surface area contributed by atoms with Gasteiger partial charge >= 0.3 is 0 Å². The van der Waals surface area contributed by atoms with Crippen molar-refractivity contribution in [3.05, 3.63) is 28.3 Å². The fraction of sp³-hybridized carbons (Fsp3) is 0.385. The minimum atomic E-state index is -3.86. The highest BCUT2D eigenvalue weighted by Crippen LogP contribution is 2.38. The summed E-state index contributed by atoms with van der Waals surface area (Å²) < 4.78 is 27.7. The molecule has 2 aromatic rings. The Morgan fingerprint density at radius 3 is 2.48 bits per heavy atom. The standard InChI is InChI=1S/C13H17N5O4S3/c1-13(2,3)17-25(21,22)8-5-6-10(9(7-8)18(19)20)23-12-16-15-11(14-4)24-12/h5-7,17H,1-4H3,(H,14,15). The van der Waals surface area contributed by atoms with E-state index in [4.69, 9.17) is 0 Å². The first-order chi connectivity index (χ1) is 11.5. The van der Waals surface area contributed by atoms with Crippen LogP contribution in [0.4, 0.5) is 10.8 Å². The smallest absolute Gasteiger partial charge is 0.284 e. The average molecular weight is 404 g/mol. The van der Waals surface area contributed by atoms with Gasteiger partial charge < -0.3 is 5.32 Å². The van der Waals surface area contributed by atoms with Crippen LogP contribution in [0.2, 0.25) is 0 Å². The number of anilines is 1. The second kappa shape index (κ2) is 7.23. The molecule has 12 heteroatoms. The molecule has 0 unspecified atom stereocenters. The van der Waals surface area contributed by atoms with Gasteiger partial charge in [-0.05, 0) is 44.7 Å². The summed E-state index contributed by atoms with van der Waals surface area (Å²) in [6, 6.07) is 3.79. The summed E-state index contributed by atoms with van der Waals surface area (Å²) in [4.78, 5) is 10.9. The fourth-order valence-corrected chi connectivity index (χ4v) is 4.99. The van der Waals surface area contributed by atoms with Crippen LogP contribution in [0.5, 0.6) is 0 Å². The van der Waals surface area contributed by atoms with Crippen LogP contribution in [-0.2, 0) is 10.0 Å². The van der Waals surface area contributed by atoms with E-state index in [1.807, 2.05) is 0 Å². The van der Waals surface area contributed by atoms with Crippen LogP contribution in [0.15, 0.2) is 32.3 Å². The third-order valence-electron chi connectivity index (χ3n) is 2.70. The van der Waals surface area contributed by atoms with E-state index in [0.717, 1.165) is 17.8 Å². The molecule has 2 rings (SSSR count). The molecule has 0 fully saturated rings. The van der Waals surface area contributed by atoms with Crippen LogP contribution in [-0.4, -0.2) is 36.1 Å². The largest absolute Gasteiger partial charge is 0.363 e. The third-order valence-corrected chi connectivity index (χ3v) is 6.51. The number of benzene rings is 1. The molecule has 0 aliphatic heterocycles. The molecule has 136 valence electrons. The van der Waals surface area contributed by atoms with Gasteiger partial charge in [0.15, 0.2) is 4.34 Å². The van der Waals surface area contributed by atoms with Gasteiger partial charge in [0.1, 0.15) is 0 Å². The molecular formula is C13H17N5O4S3. The molecular weight excluding hydrogens is 386 g/mol. The van der Waals surface area contributed by atoms with E-state index >= 15 is 0 Å². The zero-order valence-electron chi connectivity index (χ0n) is 13.9. The molecule has 0 aliphatic rings. The first-order valence-electron chi connectivity index (χ1n) is 7.03. The van der Waals surface area contributed by atoms with Gasteiger partial charge in [-0.3, -0.25) is 10.1 Å². The Bertz CT molecular complexity index is 889. The van der Waals surface area contributed by atoms with E-state index in [-0.39, 0.29) is 10.6 Å². The molecule has 0 spiro atoms. The second-order valence-corrected chi connectivity index (χ2v) is 9.92. The number of nitrogens with one attached hydrogen (secondary N) is 2. The highest BCUT2D eigenvalue weighted by Gasteiger charge is 2.26. The lowest BCUT2D eigenvalue weighted by atomic mass is 10.1. The lowest BCUT2D eigenvalue weighted by molar-refractivity contribution is -0.388. The quantitative estimate of drug-likeness (QED) is 0.557. The normalized spacial score (nSPS) is 12.2. The van der Waals surface area contributed by atoms with Gasteiger partial charge in [0, 0.05) is 18.7 Å². The third kappa shape index (κ3) is 5.11. The molecule has 0 saturated carbocycles. The first kappa shape index (κ1) is 19.6. The monoisotopic (exact) mass is 403 g/mol. The molecule has 0 aliphatic carbocycles. The molecule has 0 amide bonds. The molecule has 9 nitrogen and oxygen atoms in total. The van der Waals surface area contributed by atoms with E-state index in [0.29, 0.717) is 14.4 Å². The number of aromatic nitrogens is 2. The summed E-state index contributed by atoms with van der Waals surface area (Å²) in [7, 11) is -2.17. The van der Waals surface area contributed by atoms with Crippen LogP contribution >= 0.6 is 23.1 Å². The molecule has 0 atom stereocenters. The van der Waals surface area contributed by atoms with Gasteiger partial charge in [-0.25, -0.2) is 13.1 Å². The molecule has 0 saturated heterocycles. The molecule has 0 radical (unpaired) electrons. The molecule has 1 aromatic heterocycles. The Labute approximate surface area is 153 Å². The maximum atomic E-state index is 12.4. The zero-order chi connectivity index (χ0) is 18.8. The van der Waals surface area contributed by atoms with Crippen molar-refractivity contribution < 1.29 is 13.3 Å². The molecule has 0 bridgehead atoms. The van der Waals surface area contributed by atoms with E-state index in [1.54, 1.807) is 27.8 Å². The highest BCUT2D eigenvalue weighted by molar-refractivity contribution is 8.01. The number of nitro benzene ring substituents is 1. The molecule has 1 heterocycles. The fourth-order valence-electron chi connectivity index (χ4n) is 1.80. The van der Waals surface area contributed by atoms with Crippen LogP contribution in [0, 0.1) is 10.1 Å². The SMILES string of the molecule is CNc1nnc(Sc2ccc(S(=O)(=O)NC(C)(C)C)cc2[N+](=O)[O-])s1. The van der Waals surface area contributed by atoms with Crippen LogP contribution in [0.25, 0.3) is 0 Å². The van der Waals surface area contributed by atoms with Crippen molar-refractivity contribution in [3.8, 4) is 0 Å². The van der Waals surface area contributed by atoms with E-state index < -0.39 is 20.5 Å². The maximum absolute atomic E-state index is 12.4. The number of nitrogens with zero attached hydrogens (tertiary/aromatic N) is 3. The Hall–Kier alpha value is -1.76. The van der Waals surface area contributed by atoms with Crippen molar-refractivity contribution in [2.75, 3.05) is 12.4 Å². The Morgan fingerprint density at radius 1 is 1.28 bits per heavy atom. The van der Waals surface area contributed by atoms with E-state index in [1.165, 1.54) is 23.5 Å². The van der Waals surface area contributed by atoms with Gasteiger partial charge in [-0.1, -0.05) is 11.3 Å². The number of hydrogen-bond acceptors (Lipinski definition) is 9. The first-order valence-corrected chi connectivity index (χ1v) is 10.1. The minimum absolute atomic E-state index is 0.161. The zero-order valence-corrected chi connectivity index (χ0v) is 16.4. The summed E-state index contributed by atoms with van der Waals surface area (Å²) in [5.74, 6) is 0. The van der Waals surface area contributed by atoms with Gasteiger partial charge in [0.2, 0.25) is 15.2 Å².